The van der Waals surface area contributed by atoms with E-state index in [0.717, 1.165) is 16.7 Å². The fraction of sp³-hybridized carbons (Fsp3) is 0.174. The van der Waals surface area contributed by atoms with Gasteiger partial charge >= 0.3 is 0 Å². The summed E-state index contributed by atoms with van der Waals surface area (Å²) in [6.45, 7) is 3.80. The van der Waals surface area contributed by atoms with Crippen molar-refractivity contribution in [3.8, 4) is 11.1 Å². The Kier molecular flexibility index (Phi) is 6.20. The summed E-state index contributed by atoms with van der Waals surface area (Å²) < 4.78 is 12.2. The van der Waals surface area contributed by atoms with Crippen LogP contribution in [0.1, 0.15) is 35.8 Å². The van der Waals surface area contributed by atoms with Gasteiger partial charge in [0.05, 0.1) is 27.3 Å². The Morgan fingerprint density at radius 2 is 1.48 bits per heavy atom. The van der Waals surface area contributed by atoms with E-state index in [1.807, 2.05) is 50.2 Å². The molecule has 0 radical (unpaired) electrons. The molecular weight excluding hydrogens is 354 g/mol. The maximum Gasteiger partial charge on any atom is 0.252 e. The van der Waals surface area contributed by atoms with Crippen molar-refractivity contribution in [2.45, 2.75) is 24.8 Å². The van der Waals surface area contributed by atoms with Gasteiger partial charge in [0.25, 0.3) is 5.91 Å². The first kappa shape index (κ1) is 19.1. The van der Waals surface area contributed by atoms with Crippen molar-refractivity contribution in [2.75, 3.05) is 5.75 Å². The SMILES string of the molecule is CC[S@@](=O)c1ccccc1C(=O)N[C@H](C)c1ccc(-c2ccccc2)cc1. The molecule has 0 unspecified atom stereocenters. The van der Waals surface area contributed by atoms with Gasteiger partial charge in [0.1, 0.15) is 0 Å². The maximum absolute atomic E-state index is 12.7. The third-order valence-corrected chi connectivity index (χ3v) is 5.88. The smallest absolute Gasteiger partial charge is 0.252 e. The minimum absolute atomic E-state index is 0.148. The van der Waals surface area contributed by atoms with Crippen molar-refractivity contribution in [1.82, 2.24) is 5.32 Å². The van der Waals surface area contributed by atoms with Gasteiger partial charge in [-0.25, -0.2) is 0 Å². The second kappa shape index (κ2) is 8.78. The Morgan fingerprint density at radius 3 is 2.15 bits per heavy atom. The minimum atomic E-state index is -1.17. The number of hydrogen-bond acceptors (Lipinski definition) is 2. The number of nitrogens with one attached hydrogen (secondary N) is 1. The second-order valence-electron chi connectivity index (χ2n) is 6.31. The Bertz CT molecular complexity index is 936. The monoisotopic (exact) mass is 377 g/mol. The second-order valence-corrected chi connectivity index (χ2v) is 8.02. The lowest BCUT2D eigenvalue weighted by atomic mass is 10.0. The highest BCUT2D eigenvalue weighted by Crippen LogP contribution is 2.22. The first-order valence-electron chi connectivity index (χ1n) is 9.03. The van der Waals surface area contributed by atoms with E-state index in [0.29, 0.717) is 16.2 Å². The van der Waals surface area contributed by atoms with Gasteiger partial charge in [0.2, 0.25) is 0 Å². The van der Waals surface area contributed by atoms with Gasteiger partial charge in [-0.1, -0.05) is 73.7 Å². The first-order valence-corrected chi connectivity index (χ1v) is 10.4. The van der Waals surface area contributed by atoms with Crippen molar-refractivity contribution >= 4 is 16.7 Å². The lowest BCUT2D eigenvalue weighted by molar-refractivity contribution is 0.0936. The van der Waals surface area contributed by atoms with Crippen LogP contribution in [0.25, 0.3) is 11.1 Å². The molecule has 0 spiro atoms. The number of carbonyl (C=O) groups is 1. The van der Waals surface area contributed by atoms with Crippen LogP contribution in [-0.4, -0.2) is 15.9 Å². The molecular formula is C23H23NO2S. The maximum atomic E-state index is 12.7. The quantitative estimate of drug-likeness (QED) is 0.659. The molecule has 1 amide bonds. The summed E-state index contributed by atoms with van der Waals surface area (Å²) in [7, 11) is -1.17. The zero-order chi connectivity index (χ0) is 19.2. The summed E-state index contributed by atoms with van der Waals surface area (Å²) in [5.74, 6) is 0.285. The van der Waals surface area contributed by atoms with E-state index < -0.39 is 10.8 Å². The molecule has 0 saturated carbocycles. The summed E-state index contributed by atoms with van der Waals surface area (Å²) in [5, 5.41) is 3.02. The van der Waals surface area contributed by atoms with Gasteiger partial charge < -0.3 is 5.32 Å². The Balaban J connectivity index is 1.75. The number of rotatable bonds is 6. The van der Waals surface area contributed by atoms with Crippen LogP contribution in [0.3, 0.4) is 0 Å². The van der Waals surface area contributed by atoms with Gasteiger partial charge in [-0.2, -0.15) is 0 Å². The molecule has 0 aliphatic rings. The van der Waals surface area contributed by atoms with Crippen LogP contribution in [0.4, 0.5) is 0 Å². The third kappa shape index (κ3) is 4.52. The average Bonchev–Trinajstić information content (AvgIpc) is 2.73. The molecule has 0 aliphatic heterocycles. The van der Waals surface area contributed by atoms with Gasteiger partial charge in [-0.3, -0.25) is 9.00 Å². The molecule has 3 rings (SSSR count). The number of benzene rings is 3. The highest BCUT2D eigenvalue weighted by molar-refractivity contribution is 7.85. The zero-order valence-electron chi connectivity index (χ0n) is 15.5. The van der Waals surface area contributed by atoms with E-state index in [2.05, 4.69) is 29.6 Å². The van der Waals surface area contributed by atoms with Gasteiger partial charge in [-0.15, -0.1) is 0 Å². The Hall–Kier alpha value is -2.72. The molecule has 1 N–H and O–H groups in total. The molecule has 0 aliphatic carbocycles. The normalized spacial score (nSPS) is 13.0. The third-order valence-electron chi connectivity index (χ3n) is 4.50. The fourth-order valence-electron chi connectivity index (χ4n) is 2.96. The van der Waals surface area contributed by atoms with Crippen LogP contribution in [0.5, 0.6) is 0 Å². The van der Waals surface area contributed by atoms with Gasteiger partial charge in [0, 0.05) is 5.75 Å². The summed E-state index contributed by atoms with van der Waals surface area (Å²) in [4.78, 5) is 13.3. The van der Waals surface area contributed by atoms with Crippen LogP contribution in [-0.2, 0) is 10.8 Å². The first-order chi connectivity index (χ1) is 13.1. The summed E-state index contributed by atoms with van der Waals surface area (Å²) >= 11 is 0. The predicted octanol–water partition coefficient (Wildman–Crippen LogP) is 4.97. The summed E-state index contributed by atoms with van der Waals surface area (Å²) in [6, 6.07) is 25.3. The van der Waals surface area contributed by atoms with Gasteiger partial charge in [-0.05, 0) is 35.7 Å². The predicted molar refractivity (Wildman–Crippen MR) is 111 cm³/mol. The Labute approximate surface area is 162 Å². The van der Waals surface area contributed by atoms with Crippen LogP contribution in [0.15, 0.2) is 83.8 Å². The summed E-state index contributed by atoms with van der Waals surface area (Å²) in [5.41, 5.74) is 3.81. The molecule has 3 aromatic carbocycles. The highest BCUT2D eigenvalue weighted by atomic mass is 32.2. The van der Waals surface area contributed by atoms with Crippen molar-refractivity contribution in [1.29, 1.82) is 0 Å². The largest absolute Gasteiger partial charge is 0.345 e. The van der Waals surface area contributed by atoms with Crippen molar-refractivity contribution < 1.29 is 9.00 Å². The number of carbonyl (C=O) groups excluding carboxylic acids is 1. The van der Waals surface area contributed by atoms with Crippen LogP contribution in [0, 0.1) is 0 Å². The van der Waals surface area contributed by atoms with Crippen LogP contribution >= 0.6 is 0 Å². The fourth-order valence-corrected chi connectivity index (χ4v) is 3.91. The van der Waals surface area contributed by atoms with E-state index in [-0.39, 0.29) is 11.9 Å². The minimum Gasteiger partial charge on any atom is -0.345 e. The molecule has 3 nitrogen and oxygen atoms in total. The van der Waals surface area contributed by atoms with E-state index in [1.165, 1.54) is 0 Å². The average molecular weight is 378 g/mol. The molecule has 0 fully saturated rings. The number of hydrogen-bond donors (Lipinski definition) is 1. The lowest BCUT2D eigenvalue weighted by Gasteiger charge is -2.16. The van der Waals surface area contributed by atoms with E-state index in [4.69, 9.17) is 0 Å². The molecule has 0 heterocycles. The van der Waals surface area contributed by atoms with Crippen molar-refractivity contribution in [2.24, 2.45) is 0 Å². The van der Waals surface area contributed by atoms with E-state index in [9.17, 15) is 9.00 Å². The van der Waals surface area contributed by atoms with Crippen molar-refractivity contribution in [3.05, 3.63) is 90.0 Å². The van der Waals surface area contributed by atoms with Crippen molar-refractivity contribution in [3.63, 3.8) is 0 Å². The lowest BCUT2D eigenvalue weighted by Crippen LogP contribution is -2.27. The Morgan fingerprint density at radius 1 is 0.889 bits per heavy atom. The molecule has 0 bridgehead atoms. The molecule has 0 aromatic heterocycles. The van der Waals surface area contributed by atoms with E-state index in [1.54, 1.807) is 18.2 Å². The van der Waals surface area contributed by atoms with Crippen LogP contribution in [0.2, 0.25) is 0 Å². The molecule has 4 heteroatoms. The molecule has 3 aromatic rings. The molecule has 2 atom stereocenters. The standard InChI is InChI=1S/C23H23NO2S/c1-3-27(26)22-12-8-7-11-21(22)23(25)24-17(2)18-13-15-20(16-14-18)19-9-5-4-6-10-19/h4-17H,3H2,1-2H3,(H,24,25)/t17-,27-/m1/s1. The number of amides is 1. The zero-order valence-corrected chi connectivity index (χ0v) is 16.3. The molecule has 138 valence electrons. The van der Waals surface area contributed by atoms with Crippen LogP contribution < -0.4 is 5.32 Å². The van der Waals surface area contributed by atoms with E-state index >= 15 is 0 Å². The topological polar surface area (TPSA) is 46.2 Å². The molecule has 27 heavy (non-hydrogen) atoms. The molecule has 0 saturated heterocycles. The van der Waals surface area contributed by atoms with Gasteiger partial charge in [0.15, 0.2) is 0 Å². The highest BCUT2D eigenvalue weighted by Gasteiger charge is 2.17. The summed E-state index contributed by atoms with van der Waals surface area (Å²) in [6.07, 6.45) is 0.